The zero-order valence-electron chi connectivity index (χ0n) is 28.9. The number of ether oxygens (including phenoxy) is 2. The average Bonchev–Trinajstić information content (AvgIpc) is 2.84. The van der Waals surface area contributed by atoms with E-state index in [2.05, 4.69) is 126 Å². The lowest BCUT2D eigenvalue weighted by Gasteiger charge is -2.45. The van der Waals surface area contributed by atoms with Crippen LogP contribution < -0.4 is 0 Å². The number of rotatable bonds is 11. The van der Waals surface area contributed by atoms with Gasteiger partial charge in [-0.15, -0.1) is 0 Å². The highest BCUT2D eigenvalue weighted by Gasteiger charge is 2.52. The molecule has 0 aliphatic heterocycles. The summed E-state index contributed by atoms with van der Waals surface area (Å²) in [6.45, 7) is 31.2. The van der Waals surface area contributed by atoms with Crippen molar-refractivity contribution in [3.05, 3.63) is 69.8 Å². The first kappa shape index (κ1) is 36.9. The lowest BCUT2D eigenvalue weighted by molar-refractivity contribution is -0.220. The Hall–Kier alpha value is -1.33. The monoisotopic (exact) mass is 602 g/mol. The van der Waals surface area contributed by atoms with Gasteiger partial charge >= 0.3 is 8.60 Å². The topological polar surface area (TPSA) is 68.2 Å². The van der Waals surface area contributed by atoms with E-state index >= 15 is 0 Å². The van der Waals surface area contributed by atoms with Crippen LogP contribution in [0.3, 0.4) is 0 Å². The highest BCUT2D eigenvalue weighted by Crippen LogP contribution is 2.53. The Balaban J connectivity index is 3.25. The molecular formula is C36H59O5P. The molecule has 0 heterocycles. The molecule has 42 heavy (non-hydrogen) atoms. The van der Waals surface area contributed by atoms with Crippen molar-refractivity contribution in [1.82, 2.24) is 0 Å². The first-order valence-electron chi connectivity index (χ1n) is 15.5. The first-order valence-corrected chi connectivity index (χ1v) is 16.7. The maximum Gasteiger partial charge on any atom is 0.328 e. The smallest absolute Gasteiger partial charge is 0.328 e. The molecule has 2 N–H and O–H groups in total. The summed E-state index contributed by atoms with van der Waals surface area (Å²) in [4.78, 5) is 21.5. The molecule has 2 rings (SSSR count). The fourth-order valence-corrected chi connectivity index (χ4v) is 5.89. The third kappa shape index (κ3) is 8.65. The third-order valence-electron chi connectivity index (χ3n) is 7.83. The van der Waals surface area contributed by atoms with Crippen molar-refractivity contribution in [2.45, 2.75) is 143 Å². The van der Waals surface area contributed by atoms with Gasteiger partial charge in [-0.2, -0.15) is 0 Å². The SMILES string of the molecule is CCCCOC(OCC)C(OP(O)O)(c1ccc(C(C)(C)C)cc1C(C)(C)C)c1ccc(C(C)(C)C)cc1C(C)(C)C. The van der Waals surface area contributed by atoms with Crippen LogP contribution in [0.4, 0.5) is 0 Å². The van der Waals surface area contributed by atoms with Gasteiger partial charge in [0.25, 0.3) is 0 Å². The molecule has 0 saturated carbocycles. The van der Waals surface area contributed by atoms with Gasteiger partial charge in [-0.1, -0.05) is 133 Å². The third-order valence-corrected chi connectivity index (χ3v) is 8.28. The van der Waals surface area contributed by atoms with Crippen LogP contribution in [0.2, 0.25) is 0 Å². The highest BCUT2D eigenvalue weighted by molar-refractivity contribution is 7.39. The van der Waals surface area contributed by atoms with Crippen molar-refractivity contribution in [3.8, 4) is 0 Å². The van der Waals surface area contributed by atoms with Crippen molar-refractivity contribution in [2.75, 3.05) is 13.2 Å². The predicted octanol–water partition coefficient (Wildman–Crippen LogP) is 9.53. The zero-order chi connectivity index (χ0) is 32.3. The van der Waals surface area contributed by atoms with Crippen LogP contribution in [0.5, 0.6) is 0 Å². The summed E-state index contributed by atoms with van der Waals surface area (Å²) in [5, 5.41) is 0. The van der Waals surface area contributed by atoms with Crippen molar-refractivity contribution >= 4 is 8.60 Å². The van der Waals surface area contributed by atoms with Gasteiger partial charge in [-0.05, 0) is 68.4 Å². The van der Waals surface area contributed by atoms with Crippen LogP contribution in [0.15, 0.2) is 36.4 Å². The summed E-state index contributed by atoms with van der Waals surface area (Å²) in [5.74, 6) is 0. The molecule has 2 aromatic rings. The summed E-state index contributed by atoms with van der Waals surface area (Å²) in [5.41, 5.74) is 3.92. The Labute approximate surface area is 258 Å². The quantitative estimate of drug-likeness (QED) is 0.152. The Morgan fingerprint density at radius 2 is 1.05 bits per heavy atom. The van der Waals surface area contributed by atoms with E-state index in [1.807, 2.05) is 6.92 Å². The average molecular weight is 603 g/mol. The lowest BCUT2D eigenvalue weighted by Crippen LogP contribution is -2.48. The van der Waals surface area contributed by atoms with Crippen molar-refractivity contribution in [3.63, 3.8) is 0 Å². The largest absolute Gasteiger partial charge is 0.349 e. The van der Waals surface area contributed by atoms with Gasteiger partial charge in [0.15, 0.2) is 11.9 Å². The predicted molar refractivity (Wildman–Crippen MR) is 177 cm³/mol. The Morgan fingerprint density at radius 3 is 1.36 bits per heavy atom. The molecular weight excluding hydrogens is 543 g/mol. The first-order chi connectivity index (χ1) is 19.1. The minimum Gasteiger partial charge on any atom is -0.349 e. The maximum absolute atomic E-state index is 10.7. The van der Waals surface area contributed by atoms with Crippen LogP contribution in [-0.2, 0) is 41.3 Å². The minimum absolute atomic E-state index is 0.0789. The van der Waals surface area contributed by atoms with E-state index in [4.69, 9.17) is 14.0 Å². The molecule has 0 saturated heterocycles. The fourth-order valence-electron chi connectivity index (χ4n) is 5.35. The lowest BCUT2D eigenvalue weighted by atomic mass is 9.69. The molecule has 238 valence electrons. The molecule has 1 unspecified atom stereocenters. The minimum atomic E-state index is -2.81. The van der Waals surface area contributed by atoms with Crippen LogP contribution in [0.1, 0.15) is 143 Å². The molecule has 0 aliphatic carbocycles. The number of unbranched alkanes of at least 4 members (excludes halogenated alkanes) is 1. The van der Waals surface area contributed by atoms with Gasteiger partial charge in [0.2, 0.25) is 0 Å². The second-order valence-electron chi connectivity index (χ2n) is 15.6. The zero-order valence-corrected chi connectivity index (χ0v) is 29.8. The van der Waals surface area contributed by atoms with Crippen molar-refractivity contribution in [2.24, 2.45) is 0 Å². The van der Waals surface area contributed by atoms with Gasteiger partial charge in [0.05, 0.1) is 0 Å². The molecule has 0 fully saturated rings. The van der Waals surface area contributed by atoms with Gasteiger partial charge in [0, 0.05) is 13.2 Å². The summed E-state index contributed by atoms with van der Waals surface area (Å²) >= 11 is 0. The molecule has 0 aromatic heterocycles. The normalized spacial score (nSPS) is 14.5. The molecule has 5 nitrogen and oxygen atoms in total. The molecule has 6 heteroatoms. The van der Waals surface area contributed by atoms with E-state index in [0.29, 0.717) is 13.2 Å². The molecule has 0 radical (unpaired) electrons. The van der Waals surface area contributed by atoms with Crippen LogP contribution in [0.25, 0.3) is 0 Å². The number of hydrogen-bond donors (Lipinski definition) is 2. The Kier molecular flexibility index (Phi) is 12.1. The maximum atomic E-state index is 10.7. The molecule has 1 atom stereocenters. The van der Waals surface area contributed by atoms with E-state index < -0.39 is 20.5 Å². The standard InChI is InChI=1S/C36H59O5P/c1-15-17-22-40-31(39-16-2)36(41-42(37)38,27-20-18-25(32(3,4)5)23-29(27)34(9,10)11)28-21-19-26(33(6,7)8)24-30(28)35(12,13)14/h18-21,23-24,31,37-38H,15-17,22H2,1-14H3. The van der Waals surface area contributed by atoms with E-state index in [0.717, 1.165) is 35.1 Å². The van der Waals surface area contributed by atoms with Gasteiger partial charge in [-0.3, -0.25) is 4.52 Å². The Morgan fingerprint density at radius 1 is 0.619 bits per heavy atom. The van der Waals surface area contributed by atoms with Crippen molar-refractivity contribution < 1.29 is 23.8 Å². The Bertz CT molecular complexity index is 1080. The number of hydrogen-bond acceptors (Lipinski definition) is 5. The van der Waals surface area contributed by atoms with E-state index in [9.17, 15) is 9.79 Å². The summed E-state index contributed by atoms with van der Waals surface area (Å²) in [6.07, 6.45) is 0.874. The molecule has 2 aromatic carbocycles. The van der Waals surface area contributed by atoms with Crippen LogP contribution in [0, 0.1) is 0 Å². The molecule has 0 spiro atoms. The molecule has 0 bridgehead atoms. The second-order valence-corrected chi connectivity index (χ2v) is 16.3. The van der Waals surface area contributed by atoms with Gasteiger partial charge < -0.3 is 19.3 Å². The van der Waals surface area contributed by atoms with E-state index in [1.165, 1.54) is 11.1 Å². The van der Waals surface area contributed by atoms with Crippen LogP contribution in [-0.4, -0.2) is 29.3 Å². The summed E-state index contributed by atoms with van der Waals surface area (Å²) < 4.78 is 19.5. The number of benzene rings is 2. The summed E-state index contributed by atoms with van der Waals surface area (Å²) in [7, 11) is -2.81. The van der Waals surface area contributed by atoms with Gasteiger partial charge in [-0.25, -0.2) is 0 Å². The fraction of sp³-hybridized carbons (Fsp3) is 0.667. The highest BCUT2D eigenvalue weighted by atomic mass is 31.2. The van der Waals surface area contributed by atoms with E-state index in [-0.39, 0.29) is 21.7 Å². The van der Waals surface area contributed by atoms with Crippen LogP contribution >= 0.6 is 8.60 Å². The molecule has 0 aliphatic rings. The van der Waals surface area contributed by atoms with Crippen molar-refractivity contribution in [1.29, 1.82) is 0 Å². The van der Waals surface area contributed by atoms with E-state index in [1.54, 1.807) is 0 Å². The molecule has 0 amide bonds. The second kappa shape index (κ2) is 13.8. The summed E-state index contributed by atoms with van der Waals surface area (Å²) in [6, 6.07) is 13.0. The van der Waals surface area contributed by atoms with Gasteiger partial charge in [0.1, 0.15) is 0 Å².